The molecule has 0 radical (unpaired) electrons. The topological polar surface area (TPSA) is 123 Å². The van der Waals surface area contributed by atoms with Crippen LogP contribution in [0.5, 0.6) is 5.75 Å². The maximum atomic E-state index is 12.7. The number of amides is 1. The summed E-state index contributed by atoms with van der Waals surface area (Å²) in [4.78, 5) is 16.9. The smallest absolute Gasteiger partial charge is 0.262 e. The maximum Gasteiger partial charge on any atom is 0.262 e. The van der Waals surface area contributed by atoms with Crippen LogP contribution in [0.4, 0.5) is 5.69 Å². The summed E-state index contributed by atoms with van der Waals surface area (Å²) in [5.41, 5.74) is 3.08. The first kappa shape index (κ1) is 27.0. The van der Waals surface area contributed by atoms with E-state index in [1.54, 1.807) is 25.1 Å². The molecule has 0 fully saturated rings. The minimum Gasteiger partial charge on any atom is -0.483 e. The number of nitrogens with one attached hydrogen (secondary N) is 2. The quantitative estimate of drug-likeness (QED) is 0.288. The molecule has 1 heterocycles. The third-order valence-corrected chi connectivity index (χ3v) is 7.10. The normalized spacial score (nSPS) is 11.5. The van der Waals surface area contributed by atoms with Gasteiger partial charge in [0.1, 0.15) is 5.75 Å². The SMILES string of the molecule is Cc1cc(S(=O)(=O)NCc2ccccc2)ccc1OCC(=O)Nc1ccc(Cc2noc(C(C)C)n2)cc1. The molecule has 0 aliphatic heterocycles. The number of rotatable bonds is 11. The molecule has 0 saturated heterocycles. The first-order valence-electron chi connectivity index (χ1n) is 12.2. The average Bonchev–Trinajstić information content (AvgIpc) is 3.37. The van der Waals surface area contributed by atoms with Gasteiger partial charge in [0.25, 0.3) is 5.91 Å². The summed E-state index contributed by atoms with van der Waals surface area (Å²) in [7, 11) is -3.69. The second kappa shape index (κ2) is 12.0. The zero-order valence-electron chi connectivity index (χ0n) is 21.5. The molecule has 4 aromatic rings. The second-order valence-electron chi connectivity index (χ2n) is 9.15. The summed E-state index contributed by atoms with van der Waals surface area (Å²) in [6.45, 7) is 5.69. The van der Waals surface area contributed by atoms with Gasteiger partial charge in [0, 0.05) is 24.6 Å². The molecular formula is C28H30N4O5S. The highest BCUT2D eigenvalue weighted by molar-refractivity contribution is 7.89. The van der Waals surface area contributed by atoms with E-state index in [-0.39, 0.29) is 29.9 Å². The number of nitrogens with zero attached hydrogens (tertiary/aromatic N) is 2. The lowest BCUT2D eigenvalue weighted by Gasteiger charge is -2.12. The molecule has 198 valence electrons. The number of aryl methyl sites for hydroxylation is 1. The van der Waals surface area contributed by atoms with E-state index in [0.717, 1.165) is 11.1 Å². The largest absolute Gasteiger partial charge is 0.483 e. The monoisotopic (exact) mass is 534 g/mol. The van der Waals surface area contributed by atoms with Gasteiger partial charge in [0.15, 0.2) is 12.4 Å². The van der Waals surface area contributed by atoms with Gasteiger partial charge in [0.05, 0.1) is 4.90 Å². The molecule has 2 N–H and O–H groups in total. The molecule has 0 aliphatic rings. The van der Waals surface area contributed by atoms with Crippen molar-refractivity contribution in [3.8, 4) is 5.75 Å². The minimum absolute atomic E-state index is 0.129. The van der Waals surface area contributed by atoms with Crippen LogP contribution in [0.15, 0.2) is 82.2 Å². The van der Waals surface area contributed by atoms with Crippen LogP contribution in [-0.4, -0.2) is 31.1 Å². The van der Waals surface area contributed by atoms with Crippen molar-refractivity contribution >= 4 is 21.6 Å². The summed E-state index contributed by atoms with van der Waals surface area (Å²) in [5.74, 6) is 1.49. The Balaban J connectivity index is 1.28. The van der Waals surface area contributed by atoms with E-state index in [4.69, 9.17) is 9.26 Å². The molecule has 9 nitrogen and oxygen atoms in total. The predicted molar refractivity (Wildman–Crippen MR) is 143 cm³/mol. The number of ether oxygens (including phenoxy) is 1. The van der Waals surface area contributed by atoms with Crippen LogP contribution in [0, 0.1) is 6.92 Å². The van der Waals surface area contributed by atoms with Gasteiger partial charge in [-0.3, -0.25) is 4.79 Å². The van der Waals surface area contributed by atoms with Gasteiger partial charge in [-0.1, -0.05) is 61.5 Å². The number of hydrogen-bond donors (Lipinski definition) is 2. The molecule has 0 saturated carbocycles. The summed E-state index contributed by atoms with van der Waals surface area (Å²) >= 11 is 0. The van der Waals surface area contributed by atoms with Gasteiger partial charge >= 0.3 is 0 Å². The van der Waals surface area contributed by atoms with Crippen molar-refractivity contribution in [2.24, 2.45) is 0 Å². The van der Waals surface area contributed by atoms with Crippen molar-refractivity contribution in [3.05, 3.63) is 101 Å². The van der Waals surface area contributed by atoms with Crippen LogP contribution < -0.4 is 14.8 Å². The van der Waals surface area contributed by atoms with Crippen molar-refractivity contribution < 1.29 is 22.5 Å². The Morgan fingerprint density at radius 2 is 1.74 bits per heavy atom. The third kappa shape index (κ3) is 7.27. The molecular weight excluding hydrogens is 504 g/mol. The molecule has 0 atom stereocenters. The highest BCUT2D eigenvalue weighted by atomic mass is 32.2. The van der Waals surface area contributed by atoms with Gasteiger partial charge in [-0.25, -0.2) is 13.1 Å². The molecule has 1 aromatic heterocycles. The van der Waals surface area contributed by atoms with Crippen LogP contribution in [0.2, 0.25) is 0 Å². The third-order valence-electron chi connectivity index (χ3n) is 5.70. The molecule has 0 bridgehead atoms. The van der Waals surface area contributed by atoms with Crippen molar-refractivity contribution in [2.45, 2.75) is 44.6 Å². The average molecular weight is 535 g/mol. The Morgan fingerprint density at radius 3 is 2.39 bits per heavy atom. The Morgan fingerprint density at radius 1 is 1.00 bits per heavy atom. The zero-order valence-corrected chi connectivity index (χ0v) is 22.3. The lowest BCUT2D eigenvalue weighted by atomic mass is 10.1. The molecule has 3 aromatic carbocycles. The lowest BCUT2D eigenvalue weighted by Crippen LogP contribution is -2.23. The van der Waals surface area contributed by atoms with Gasteiger partial charge in [-0.05, 0) is 53.9 Å². The van der Waals surface area contributed by atoms with Crippen LogP contribution >= 0.6 is 0 Å². The molecule has 0 spiro atoms. The van der Waals surface area contributed by atoms with Gasteiger partial charge < -0.3 is 14.6 Å². The predicted octanol–water partition coefficient (Wildman–Crippen LogP) is 4.59. The van der Waals surface area contributed by atoms with Gasteiger partial charge in [0.2, 0.25) is 15.9 Å². The van der Waals surface area contributed by atoms with Crippen molar-refractivity contribution in [1.29, 1.82) is 0 Å². The minimum atomic E-state index is -3.69. The van der Waals surface area contributed by atoms with Crippen molar-refractivity contribution in [2.75, 3.05) is 11.9 Å². The number of anilines is 1. The second-order valence-corrected chi connectivity index (χ2v) is 10.9. The highest BCUT2D eigenvalue weighted by Gasteiger charge is 2.16. The first-order chi connectivity index (χ1) is 18.2. The number of carbonyl (C=O) groups excluding carboxylic acids is 1. The number of sulfonamides is 1. The van der Waals surface area contributed by atoms with E-state index in [2.05, 4.69) is 20.2 Å². The summed E-state index contributed by atoms with van der Waals surface area (Å²) in [6.07, 6.45) is 0.528. The van der Waals surface area contributed by atoms with E-state index in [9.17, 15) is 13.2 Å². The van der Waals surface area contributed by atoms with Crippen LogP contribution in [-0.2, 0) is 27.8 Å². The fourth-order valence-corrected chi connectivity index (χ4v) is 4.71. The van der Waals surface area contributed by atoms with E-state index in [0.29, 0.717) is 35.1 Å². The van der Waals surface area contributed by atoms with Crippen LogP contribution in [0.3, 0.4) is 0 Å². The highest BCUT2D eigenvalue weighted by Crippen LogP contribution is 2.22. The Kier molecular flexibility index (Phi) is 8.55. The number of hydrogen-bond acceptors (Lipinski definition) is 7. The van der Waals surface area contributed by atoms with E-state index in [1.165, 1.54) is 12.1 Å². The standard InChI is InChI=1S/C28H30N4O5S/c1-19(2)28-31-26(32-37-28)16-21-9-11-23(12-10-21)30-27(33)18-36-25-14-13-24(15-20(25)3)38(34,35)29-17-22-7-5-4-6-8-22/h4-15,19,29H,16-18H2,1-3H3,(H,30,33). The Hall–Kier alpha value is -4.02. The number of carbonyl (C=O) groups is 1. The van der Waals surface area contributed by atoms with Crippen molar-refractivity contribution in [3.63, 3.8) is 0 Å². The first-order valence-corrected chi connectivity index (χ1v) is 13.7. The maximum absolute atomic E-state index is 12.7. The molecule has 38 heavy (non-hydrogen) atoms. The molecule has 10 heteroatoms. The number of aromatic nitrogens is 2. The molecule has 0 aliphatic carbocycles. The van der Waals surface area contributed by atoms with E-state index in [1.807, 2.05) is 56.3 Å². The Labute approximate surface area is 222 Å². The summed E-state index contributed by atoms with van der Waals surface area (Å²) in [6, 6.07) is 21.2. The number of benzene rings is 3. The lowest BCUT2D eigenvalue weighted by molar-refractivity contribution is -0.118. The summed E-state index contributed by atoms with van der Waals surface area (Å²) in [5, 5.41) is 6.79. The fourth-order valence-electron chi connectivity index (χ4n) is 3.61. The van der Waals surface area contributed by atoms with Crippen molar-refractivity contribution in [1.82, 2.24) is 14.9 Å². The van der Waals surface area contributed by atoms with Gasteiger partial charge in [-0.2, -0.15) is 4.98 Å². The molecule has 1 amide bonds. The van der Waals surface area contributed by atoms with Crippen LogP contribution in [0.1, 0.15) is 48.2 Å². The molecule has 4 rings (SSSR count). The van der Waals surface area contributed by atoms with Crippen LogP contribution in [0.25, 0.3) is 0 Å². The van der Waals surface area contributed by atoms with E-state index < -0.39 is 10.0 Å². The molecule has 0 unspecified atom stereocenters. The van der Waals surface area contributed by atoms with Gasteiger partial charge in [-0.15, -0.1) is 0 Å². The summed E-state index contributed by atoms with van der Waals surface area (Å²) < 4.78 is 38.8. The zero-order chi connectivity index (χ0) is 27.1. The Bertz CT molecular complexity index is 1480. The van der Waals surface area contributed by atoms with E-state index >= 15 is 0 Å². The fraction of sp³-hybridized carbons (Fsp3) is 0.250.